The van der Waals surface area contributed by atoms with Crippen molar-refractivity contribution in [2.75, 3.05) is 11.9 Å². The Bertz CT molecular complexity index is 448. The summed E-state index contributed by atoms with van der Waals surface area (Å²) in [7, 11) is 0. The molecule has 3 nitrogen and oxygen atoms in total. The van der Waals surface area contributed by atoms with E-state index in [1.165, 1.54) is 24.8 Å². The maximum Gasteiger partial charge on any atom is 0.0726 e. The predicted molar refractivity (Wildman–Crippen MR) is 75.8 cm³/mol. The van der Waals surface area contributed by atoms with Gasteiger partial charge in [-0.2, -0.15) is 5.10 Å². The summed E-state index contributed by atoms with van der Waals surface area (Å²) in [5.74, 6) is 0. The molecule has 2 rings (SSSR count). The third-order valence-electron chi connectivity index (χ3n) is 2.93. The molecular weight excluding hydrogens is 222 g/mol. The molecule has 0 saturated heterocycles. The Morgan fingerprint density at radius 3 is 2.78 bits per heavy atom. The summed E-state index contributed by atoms with van der Waals surface area (Å²) >= 11 is 0. The van der Waals surface area contributed by atoms with Crippen molar-refractivity contribution >= 4 is 5.69 Å². The number of rotatable bonds is 7. The van der Waals surface area contributed by atoms with Crippen LogP contribution in [0.3, 0.4) is 0 Å². The van der Waals surface area contributed by atoms with Gasteiger partial charge >= 0.3 is 0 Å². The van der Waals surface area contributed by atoms with E-state index in [9.17, 15) is 0 Å². The summed E-state index contributed by atoms with van der Waals surface area (Å²) in [6.07, 6.45) is 7.73. The molecule has 1 aromatic heterocycles. The zero-order valence-corrected chi connectivity index (χ0v) is 11.0. The van der Waals surface area contributed by atoms with Gasteiger partial charge in [0, 0.05) is 12.7 Å². The van der Waals surface area contributed by atoms with Crippen LogP contribution in [-0.4, -0.2) is 16.3 Å². The van der Waals surface area contributed by atoms with E-state index in [0.717, 1.165) is 18.8 Å². The van der Waals surface area contributed by atoms with Gasteiger partial charge in [-0.1, -0.05) is 50.1 Å². The molecule has 3 heteroatoms. The van der Waals surface area contributed by atoms with Crippen molar-refractivity contribution in [1.82, 2.24) is 9.78 Å². The molecule has 0 aliphatic heterocycles. The Labute approximate surface area is 109 Å². The van der Waals surface area contributed by atoms with Gasteiger partial charge in [0.15, 0.2) is 0 Å². The molecule has 0 radical (unpaired) electrons. The van der Waals surface area contributed by atoms with Crippen LogP contribution >= 0.6 is 0 Å². The molecule has 1 heterocycles. The molecule has 18 heavy (non-hydrogen) atoms. The SMILES string of the molecule is CCCCCNc1cnn(Cc2ccccc2)c1. The molecule has 0 spiro atoms. The molecule has 0 aliphatic rings. The Balaban J connectivity index is 1.83. The first-order valence-electron chi connectivity index (χ1n) is 6.68. The second-order valence-electron chi connectivity index (χ2n) is 4.55. The van der Waals surface area contributed by atoms with Crippen molar-refractivity contribution in [3.05, 3.63) is 48.3 Å². The standard InChI is InChI=1S/C15H21N3/c1-2-3-7-10-16-15-11-17-18(13-15)12-14-8-5-4-6-9-14/h4-6,8-9,11,13,16H,2-3,7,10,12H2,1H3. The quantitative estimate of drug-likeness (QED) is 0.754. The number of benzene rings is 1. The van der Waals surface area contributed by atoms with E-state index in [2.05, 4.69) is 47.8 Å². The van der Waals surface area contributed by atoms with E-state index in [-0.39, 0.29) is 0 Å². The van der Waals surface area contributed by atoms with Crippen LogP contribution in [0.25, 0.3) is 0 Å². The number of nitrogens with one attached hydrogen (secondary N) is 1. The molecule has 0 fully saturated rings. The van der Waals surface area contributed by atoms with Crippen LogP contribution in [0.2, 0.25) is 0 Å². The lowest BCUT2D eigenvalue weighted by atomic mass is 10.2. The van der Waals surface area contributed by atoms with E-state index >= 15 is 0 Å². The van der Waals surface area contributed by atoms with Gasteiger partial charge < -0.3 is 5.32 Å². The molecule has 0 bridgehead atoms. The topological polar surface area (TPSA) is 29.9 Å². The number of unbranched alkanes of at least 4 members (excludes halogenated alkanes) is 2. The summed E-state index contributed by atoms with van der Waals surface area (Å²) in [6.45, 7) is 4.08. The molecule has 0 amide bonds. The Morgan fingerprint density at radius 1 is 1.17 bits per heavy atom. The smallest absolute Gasteiger partial charge is 0.0726 e. The highest BCUT2D eigenvalue weighted by molar-refractivity contribution is 5.38. The van der Waals surface area contributed by atoms with Gasteiger partial charge in [0.1, 0.15) is 0 Å². The molecule has 0 aliphatic carbocycles. The maximum absolute atomic E-state index is 4.36. The second kappa shape index (κ2) is 6.84. The van der Waals surface area contributed by atoms with Crippen LogP contribution in [0.5, 0.6) is 0 Å². The van der Waals surface area contributed by atoms with Gasteiger partial charge in [0.25, 0.3) is 0 Å². The van der Waals surface area contributed by atoms with Crippen LogP contribution < -0.4 is 5.32 Å². The highest BCUT2D eigenvalue weighted by Gasteiger charge is 1.98. The number of nitrogens with zero attached hydrogens (tertiary/aromatic N) is 2. The fourth-order valence-electron chi connectivity index (χ4n) is 1.92. The molecule has 2 aromatic rings. The zero-order chi connectivity index (χ0) is 12.6. The van der Waals surface area contributed by atoms with Crippen molar-refractivity contribution in [3.8, 4) is 0 Å². The minimum atomic E-state index is 0.831. The Kier molecular flexibility index (Phi) is 4.82. The van der Waals surface area contributed by atoms with Crippen molar-refractivity contribution in [2.24, 2.45) is 0 Å². The van der Waals surface area contributed by atoms with E-state index in [0.29, 0.717) is 0 Å². The van der Waals surface area contributed by atoms with Gasteiger partial charge in [-0.25, -0.2) is 0 Å². The van der Waals surface area contributed by atoms with Crippen LogP contribution in [0, 0.1) is 0 Å². The van der Waals surface area contributed by atoms with Crippen LogP contribution in [0.4, 0.5) is 5.69 Å². The van der Waals surface area contributed by atoms with Crippen LogP contribution in [0.15, 0.2) is 42.7 Å². The van der Waals surface area contributed by atoms with Crippen molar-refractivity contribution in [3.63, 3.8) is 0 Å². The first-order valence-corrected chi connectivity index (χ1v) is 6.68. The van der Waals surface area contributed by atoms with Crippen molar-refractivity contribution in [2.45, 2.75) is 32.7 Å². The highest BCUT2D eigenvalue weighted by atomic mass is 15.3. The minimum Gasteiger partial charge on any atom is -0.383 e. The van der Waals surface area contributed by atoms with Gasteiger partial charge in [0.2, 0.25) is 0 Å². The van der Waals surface area contributed by atoms with Gasteiger partial charge in [-0.05, 0) is 12.0 Å². The summed E-state index contributed by atoms with van der Waals surface area (Å²) < 4.78 is 1.97. The number of aromatic nitrogens is 2. The fourth-order valence-corrected chi connectivity index (χ4v) is 1.92. The summed E-state index contributed by atoms with van der Waals surface area (Å²) in [5, 5.41) is 7.77. The molecular formula is C15H21N3. The summed E-state index contributed by atoms with van der Waals surface area (Å²) in [6, 6.07) is 10.4. The molecule has 96 valence electrons. The molecule has 1 N–H and O–H groups in total. The molecule has 0 unspecified atom stereocenters. The number of hydrogen-bond acceptors (Lipinski definition) is 2. The normalized spacial score (nSPS) is 10.5. The van der Waals surface area contributed by atoms with E-state index in [1.54, 1.807) is 0 Å². The highest BCUT2D eigenvalue weighted by Crippen LogP contribution is 2.08. The first-order chi connectivity index (χ1) is 8.88. The lowest BCUT2D eigenvalue weighted by Crippen LogP contribution is -2.01. The molecule has 0 saturated carbocycles. The monoisotopic (exact) mass is 243 g/mol. The van der Waals surface area contributed by atoms with Gasteiger partial charge in [-0.15, -0.1) is 0 Å². The fraction of sp³-hybridized carbons (Fsp3) is 0.400. The lowest BCUT2D eigenvalue weighted by molar-refractivity contribution is 0.687. The van der Waals surface area contributed by atoms with Gasteiger partial charge in [0.05, 0.1) is 18.4 Å². The van der Waals surface area contributed by atoms with Crippen LogP contribution in [-0.2, 0) is 6.54 Å². The zero-order valence-electron chi connectivity index (χ0n) is 11.0. The average Bonchev–Trinajstić information content (AvgIpc) is 2.84. The van der Waals surface area contributed by atoms with E-state index in [1.807, 2.05) is 16.9 Å². The molecule has 0 atom stereocenters. The number of hydrogen-bond donors (Lipinski definition) is 1. The maximum atomic E-state index is 4.36. The van der Waals surface area contributed by atoms with Crippen molar-refractivity contribution in [1.29, 1.82) is 0 Å². The third-order valence-corrected chi connectivity index (χ3v) is 2.93. The minimum absolute atomic E-state index is 0.831. The third kappa shape index (κ3) is 3.91. The summed E-state index contributed by atoms with van der Waals surface area (Å²) in [4.78, 5) is 0. The number of anilines is 1. The van der Waals surface area contributed by atoms with Crippen molar-refractivity contribution < 1.29 is 0 Å². The Hall–Kier alpha value is -1.77. The average molecular weight is 243 g/mol. The summed E-state index contributed by atoms with van der Waals surface area (Å²) in [5.41, 5.74) is 2.39. The van der Waals surface area contributed by atoms with E-state index in [4.69, 9.17) is 0 Å². The first kappa shape index (κ1) is 12.7. The Morgan fingerprint density at radius 2 is 2.00 bits per heavy atom. The van der Waals surface area contributed by atoms with Crippen LogP contribution in [0.1, 0.15) is 31.7 Å². The van der Waals surface area contributed by atoms with Gasteiger partial charge in [-0.3, -0.25) is 4.68 Å². The second-order valence-corrected chi connectivity index (χ2v) is 4.55. The van der Waals surface area contributed by atoms with E-state index < -0.39 is 0 Å². The lowest BCUT2D eigenvalue weighted by Gasteiger charge is -2.02. The predicted octanol–water partition coefficient (Wildman–Crippen LogP) is 3.53. The largest absolute Gasteiger partial charge is 0.383 e. The molecule has 1 aromatic carbocycles.